The van der Waals surface area contributed by atoms with Gasteiger partial charge in [0.2, 0.25) is 0 Å². The number of carbonyl (C=O) groups is 1. The molecule has 5 nitrogen and oxygen atoms in total. The molecule has 0 atom stereocenters. The second kappa shape index (κ2) is 6.41. The average molecular weight is 305 g/mol. The lowest BCUT2D eigenvalue weighted by Gasteiger charge is -2.28. The zero-order chi connectivity index (χ0) is 15.7. The van der Waals surface area contributed by atoms with Crippen molar-refractivity contribution in [3.63, 3.8) is 0 Å². The summed E-state index contributed by atoms with van der Waals surface area (Å²) in [5.74, 6) is 0.955. The van der Waals surface area contributed by atoms with Crippen molar-refractivity contribution < 1.29 is 9.90 Å². The largest absolute Gasteiger partial charge is 0.396 e. The van der Waals surface area contributed by atoms with Crippen LogP contribution in [0.25, 0.3) is 0 Å². The standard InChI is InChI=1S/C17H27N3O2/c1-11(2)20-16(13-5-6-13)15(9-18-20)17(22)19-14-7-3-12(10-21)4-8-14/h9,11-14,21H,3-8,10H2,1-2H3,(H,19,22). The zero-order valence-corrected chi connectivity index (χ0v) is 13.6. The highest BCUT2D eigenvalue weighted by Crippen LogP contribution is 2.42. The van der Waals surface area contributed by atoms with Gasteiger partial charge in [-0.05, 0) is 58.3 Å². The maximum atomic E-state index is 12.6. The van der Waals surface area contributed by atoms with Gasteiger partial charge in [0.15, 0.2) is 0 Å². The number of amides is 1. The molecule has 2 aliphatic rings. The van der Waals surface area contributed by atoms with Crippen molar-refractivity contribution in [1.82, 2.24) is 15.1 Å². The van der Waals surface area contributed by atoms with Gasteiger partial charge in [0, 0.05) is 24.6 Å². The van der Waals surface area contributed by atoms with Crippen molar-refractivity contribution in [2.45, 2.75) is 70.4 Å². The molecule has 0 saturated heterocycles. The molecule has 2 N–H and O–H groups in total. The molecule has 1 amide bonds. The number of hydrogen-bond donors (Lipinski definition) is 2. The van der Waals surface area contributed by atoms with E-state index in [1.54, 1.807) is 6.20 Å². The van der Waals surface area contributed by atoms with Crippen molar-refractivity contribution in [2.75, 3.05) is 6.61 Å². The summed E-state index contributed by atoms with van der Waals surface area (Å²) in [6.45, 7) is 4.49. The van der Waals surface area contributed by atoms with E-state index in [9.17, 15) is 9.90 Å². The SMILES string of the molecule is CC(C)n1ncc(C(=O)NC2CCC(CO)CC2)c1C1CC1. The molecular weight excluding hydrogens is 278 g/mol. The molecule has 0 bridgehead atoms. The van der Waals surface area contributed by atoms with Crippen LogP contribution in [0.5, 0.6) is 0 Å². The number of nitrogens with zero attached hydrogens (tertiary/aromatic N) is 2. The first-order valence-electron chi connectivity index (χ1n) is 8.59. The topological polar surface area (TPSA) is 67.2 Å². The molecule has 2 saturated carbocycles. The Balaban J connectivity index is 1.68. The summed E-state index contributed by atoms with van der Waals surface area (Å²) < 4.78 is 2.01. The molecule has 5 heteroatoms. The van der Waals surface area contributed by atoms with Gasteiger partial charge < -0.3 is 10.4 Å². The van der Waals surface area contributed by atoms with Crippen LogP contribution >= 0.6 is 0 Å². The van der Waals surface area contributed by atoms with Crippen molar-refractivity contribution >= 4 is 5.91 Å². The van der Waals surface area contributed by atoms with E-state index in [2.05, 4.69) is 24.3 Å². The van der Waals surface area contributed by atoms with Gasteiger partial charge in [-0.25, -0.2) is 0 Å². The molecule has 2 aliphatic carbocycles. The van der Waals surface area contributed by atoms with Gasteiger partial charge in [0.25, 0.3) is 5.91 Å². The lowest BCUT2D eigenvalue weighted by Crippen LogP contribution is -2.38. The van der Waals surface area contributed by atoms with Gasteiger partial charge in [0.05, 0.1) is 17.5 Å². The van der Waals surface area contributed by atoms with Crippen LogP contribution in [0.3, 0.4) is 0 Å². The minimum absolute atomic E-state index is 0.0289. The summed E-state index contributed by atoms with van der Waals surface area (Å²) in [7, 11) is 0. The normalized spacial score (nSPS) is 25.5. The maximum Gasteiger partial charge on any atom is 0.254 e. The average Bonchev–Trinajstić information content (AvgIpc) is 3.25. The smallest absolute Gasteiger partial charge is 0.254 e. The van der Waals surface area contributed by atoms with E-state index >= 15 is 0 Å². The van der Waals surface area contributed by atoms with Gasteiger partial charge in [0.1, 0.15) is 0 Å². The van der Waals surface area contributed by atoms with E-state index in [1.165, 1.54) is 12.8 Å². The van der Waals surface area contributed by atoms with Crippen LogP contribution in [0.15, 0.2) is 6.20 Å². The Hall–Kier alpha value is -1.36. The van der Waals surface area contributed by atoms with E-state index in [-0.39, 0.29) is 24.6 Å². The zero-order valence-electron chi connectivity index (χ0n) is 13.6. The Morgan fingerprint density at radius 2 is 2.00 bits per heavy atom. The Morgan fingerprint density at radius 3 is 2.55 bits per heavy atom. The van der Waals surface area contributed by atoms with E-state index in [0.29, 0.717) is 11.8 Å². The summed E-state index contributed by atoms with van der Waals surface area (Å²) in [5, 5.41) is 16.8. The first-order valence-corrected chi connectivity index (χ1v) is 8.59. The summed E-state index contributed by atoms with van der Waals surface area (Å²) in [6.07, 6.45) is 8.01. The quantitative estimate of drug-likeness (QED) is 0.878. The number of rotatable bonds is 5. The van der Waals surface area contributed by atoms with Crippen molar-refractivity contribution in [3.8, 4) is 0 Å². The molecule has 2 fully saturated rings. The van der Waals surface area contributed by atoms with Crippen LogP contribution in [0.4, 0.5) is 0 Å². The molecule has 1 aromatic heterocycles. The third-order valence-corrected chi connectivity index (χ3v) is 4.97. The lowest BCUT2D eigenvalue weighted by molar-refractivity contribution is 0.0912. The lowest BCUT2D eigenvalue weighted by atomic mass is 9.86. The molecule has 0 radical (unpaired) electrons. The van der Waals surface area contributed by atoms with Crippen LogP contribution in [-0.2, 0) is 0 Å². The summed E-state index contributed by atoms with van der Waals surface area (Å²) in [4.78, 5) is 12.6. The number of carbonyl (C=O) groups excluding carboxylic acids is 1. The van der Waals surface area contributed by atoms with Gasteiger partial charge in [-0.1, -0.05) is 0 Å². The van der Waals surface area contributed by atoms with Gasteiger partial charge in [-0.2, -0.15) is 5.10 Å². The molecule has 0 unspecified atom stereocenters. The fraction of sp³-hybridized carbons (Fsp3) is 0.765. The van der Waals surface area contributed by atoms with E-state index in [1.807, 2.05) is 4.68 Å². The highest BCUT2D eigenvalue weighted by molar-refractivity contribution is 5.95. The summed E-state index contributed by atoms with van der Waals surface area (Å²) >= 11 is 0. The predicted octanol–water partition coefficient (Wildman–Crippen LogP) is 2.62. The van der Waals surface area contributed by atoms with E-state index < -0.39 is 0 Å². The Bertz CT molecular complexity index is 526. The monoisotopic (exact) mass is 305 g/mol. The minimum Gasteiger partial charge on any atom is -0.396 e. The molecule has 0 spiro atoms. The maximum absolute atomic E-state index is 12.6. The first kappa shape index (κ1) is 15.5. The Morgan fingerprint density at radius 1 is 1.32 bits per heavy atom. The second-order valence-corrected chi connectivity index (χ2v) is 7.13. The molecular formula is C17H27N3O2. The van der Waals surface area contributed by atoms with Crippen LogP contribution in [0, 0.1) is 5.92 Å². The van der Waals surface area contributed by atoms with Crippen molar-refractivity contribution in [2.24, 2.45) is 5.92 Å². The first-order chi connectivity index (χ1) is 10.6. The summed E-state index contributed by atoms with van der Waals surface area (Å²) in [5.41, 5.74) is 1.89. The molecule has 0 aromatic carbocycles. The van der Waals surface area contributed by atoms with Crippen LogP contribution in [-0.4, -0.2) is 33.4 Å². The molecule has 1 aromatic rings. The molecule has 1 heterocycles. The van der Waals surface area contributed by atoms with E-state index in [0.717, 1.165) is 36.9 Å². The third-order valence-electron chi connectivity index (χ3n) is 4.97. The Labute approximate surface area is 132 Å². The minimum atomic E-state index is 0.0289. The highest BCUT2D eigenvalue weighted by atomic mass is 16.3. The second-order valence-electron chi connectivity index (χ2n) is 7.13. The fourth-order valence-electron chi connectivity index (χ4n) is 3.47. The number of aliphatic hydroxyl groups excluding tert-OH is 1. The fourth-order valence-corrected chi connectivity index (χ4v) is 3.47. The number of aromatic nitrogens is 2. The highest BCUT2D eigenvalue weighted by Gasteiger charge is 2.33. The van der Waals surface area contributed by atoms with Gasteiger partial charge >= 0.3 is 0 Å². The van der Waals surface area contributed by atoms with Crippen molar-refractivity contribution in [3.05, 3.63) is 17.5 Å². The summed E-state index contributed by atoms with van der Waals surface area (Å²) in [6, 6.07) is 0.530. The number of hydrogen-bond acceptors (Lipinski definition) is 3. The van der Waals surface area contributed by atoms with Crippen LogP contribution in [0.1, 0.15) is 80.4 Å². The molecule has 22 heavy (non-hydrogen) atoms. The van der Waals surface area contributed by atoms with E-state index in [4.69, 9.17) is 0 Å². The van der Waals surface area contributed by atoms with Crippen LogP contribution < -0.4 is 5.32 Å². The molecule has 122 valence electrons. The predicted molar refractivity (Wildman–Crippen MR) is 84.9 cm³/mol. The third kappa shape index (κ3) is 3.19. The van der Waals surface area contributed by atoms with Gasteiger partial charge in [-0.3, -0.25) is 9.48 Å². The Kier molecular flexibility index (Phi) is 4.52. The van der Waals surface area contributed by atoms with Gasteiger partial charge in [-0.15, -0.1) is 0 Å². The van der Waals surface area contributed by atoms with Crippen molar-refractivity contribution in [1.29, 1.82) is 0 Å². The molecule has 0 aliphatic heterocycles. The number of nitrogens with one attached hydrogen (secondary N) is 1. The number of aliphatic hydroxyl groups is 1. The molecule has 3 rings (SSSR count). The van der Waals surface area contributed by atoms with Crippen LogP contribution in [0.2, 0.25) is 0 Å².